The third-order valence-corrected chi connectivity index (χ3v) is 1.20. The van der Waals surface area contributed by atoms with Crippen LogP contribution in [0.5, 0.6) is 0 Å². The van der Waals surface area contributed by atoms with Crippen LogP contribution in [-0.4, -0.2) is 4.92 Å². The van der Waals surface area contributed by atoms with Crippen LogP contribution < -0.4 is 5.48 Å². The van der Waals surface area contributed by atoms with E-state index >= 15 is 0 Å². The molecule has 0 heterocycles. The molecule has 1 aromatic rings. The molecule has 0 radical (unpaired) electrons. The summed E-state index contributed by atoms with van der Waals surface area (Å²) in [6, 6.07) is 5.23. The van der Waals surface area contributed by atoms with E-state index in [9.17, 15) is 15.3 Å². The lowest BCUT2D eigenvalue weighted by Gasteiger charge is -2.06. The van der Waals surface area contributed by atoms with Crippen LogP contribution in [0, 0.1) is 15.3 Å². The molecular weight excluding hydrogens is 148 g/mol. The molecule has 0 atom stereocenters. The molecule has 0 amide bonds. The van der Waals surface area contributed by atoms with Crippen LogP contribution in [0.2, 0.25) is 0 Å². The lowest BCUT2D eigenvalue weighted by atomic mass is 10.3. The van der Waals surface area contributed by atoms with Gasteiger partial charge in [-0.1, -0.05) is 0 Å². The van der Waals surface area contributed by atoms with Gasteiger partial charge >= 0.3 is 0 Å². The van der Waals surface area contributed by atoms with Crippen molar-refractivity contribution in [1.29, 1.82) is 0 Å². The highest BCUT2D eigenvalue weighted by atomic mass is 16.6. The SMILES string of the molecule is O=[N+]([O-])c1ccc(N[O-])cc1. The minimum atomic E-state index is -0.519. The Morgan fingerprint density at radius 3 is 2.18 bits per heavy atom. The first kappa shape index (κ1) is 7.49. The molecule has 5 nitrogen and oxygen atoms in total. The summed E-state index contributed by atoms with van der Waals surface area (Å²) in [5, 5.41) is 20.1. The monoisotopic (exact) mass is 153 g/mol. The van der Waals surface area contributed by atoms with E-state index in [-0.39, 0.29) is 5.69 Å². The van der Waals surface area contributed by atoms with Gasteiger partial charge in [0.05, 0.1) is 4.92 Å². The summed E-state index contributed by atoms with van der Waals surface area (Å²) in [7, 11) is 0. The summed E-state index contributed by atoms with van der Waals surface area (Å²) in [6.07, 6.45) is 0. The number of non-ortho nitro benzene ring substituents is 1. The fraction of sp³-hybridized carbons (Fsp3) is 0. The van der Waals surface area contributed by atoms with Gasteiger partial charge in [-0.05, 0) is 12.1 Å². The second kappa shape index (κ2) is 2.98. The summed E-state index contributed by atoms with van der Waals surface area (Å²) >= 11 is 0. The molecule has 0 aromatic heterocycles. The molecule has 0 aliphatic heterocycles. The van der Waals surface area contributed by atoms with E-state index in [4.69, 9.17) is 0 Å². The summed E-state index contributed by atoms with van der Waals surface area (Å²) < 4.78 is 0. The van der Waals surface area contributed by atoms with Crippen LogP contribution in [0.15, 0.2) is 24.3 Å². The number of nitro benzene ring substituents is 1. The average Bonchev–Trinajstić information content (AvgIpc) is 2.05. The van der Waals surface area contributed by atoms with Crippen molar-refractivity contribution in [2.75, 3.05) is 5.48 Å². The molecule has 11 heavy (non-hydrogen) atoms. The van der Waals surface area contributed by atoms with E-state index in [2.05, 4.69) is 0 Å². The second-order valence-corrected chi connectivity index (χ2v) is 1.91. The first-order valence-electron chi connectivity index (χ1n) is 2.86. The van der Waals surface area contributed by atoms with Crippen molar-refractivity contribution >= 4 is 11.4 Å². The van der Waals surface area contributed by atoms with Gasteiger partial charge < -0.3 is 10.7 Å². The Labute approximate surface area is 62.4 Å². The van der Waals surface area contributed by atoms with E-state index < -0.39 is 4.92 Å². The van der Waals surface area contributed by atoms with Crippen LogP contribution in [0.4, 0.5) is 11.4 Å². The molecule has 0 bridgehead atoms. The highest BCUT2D eigenvalue weighted by Crippen LogP contribution is 2.14. The summed E-state index contributed by atoms with van der Waals surface area (Å²) in [5.74, 6) is 0. The van der Waals surface area contributed by atoms with Crippen molar-refractivity contribution in [3.8, 4) is 0 Å². The minimum absolute atomic E-state index is 0.0241. The predicted molar refractivity (Wildman–Crippen MR) is 40.1 cm³/mol. The maximum atomic E-state index is 10.1. The summed E-state index contributed by atoms with van der Waals surface area (Å²) in [5.41, 5.74) is 1.91. The van der Waals surface area contributed by atoms with Crippen molar-refractivity contribution in [3.63, 3.8) is 0 Å². The summed E-state index contributed by atoms with van der Waals surface area (Å²) in [6.45, 7) is 0. The third kappa shape index (κ3) is 1.65. The van der Waals surface area contributed by atoms with Crippen LogP contribution in [0.25, 0.3) is 0 Å². The molecule has 0 aliphatic rings. The van der Waals surface area contributed by atoms with Gasteiger partial charge in [0, 0.05) is 17.8 Å². The van der Waals surface area contributed by atoms with Crippen molar-refractivity contribution in [1.82, 2.24) is 0 Å². The molecular formula is C6H5N2O3-. The quantitative estimate of drug-likeness (QED) is 0.515. The van der Waals surface area contributed by atoms with Crippen LogP contribution in [0.3, 0.4) is 0 Å². The molecule has 5 heteroatoms. The van der Waals surface area contributed by atoms with Gasteiger partial charge in [-0.25, -0.2) is 0 Å². The largest absolute Gasteiger partial charge is 0.761 e. The molecule has 1 N–H and O–H groups in total. The Hall–Kier alpha value is -1.62. The van der Waals surface area contributed by atoms with Crippen molar-refractivity contribution in [3.05, 3.63) is 39.6 Å². The van der Waals surface area contributed by atoms with E-state index in [1.165, 1.54) is 24.3 Å². The van der Waals surface area contributed by atoms with Gasteiger partial charge in [-0.2, -0.15) is 0 Å². The van der Waals surface area contributed by atoms with Gasteiger partial charge in [-0.3, -0.25) is 10.1 Å². The minimum Gasteiger partial charge on any atom is -0.761 e. The van der Waals surface area contributed by atoms with E-state index in [1.807, 2.05) is 0 Å². The van der Waals surface area contributed by atoms with Crippen molar-refractivity contribution < 1.29 is 4.92 Å². The van der Waals surface area contributed by atoms with Gasteiger partial charge in [0.1, 0.15) is 0 Å². The number of hydrogen-bond acceptors (Lipinski definition) is 4. The van der Waals surface area contributed by atoms with E-state index in [0.29, 0.717) is 5.69 Å². The molecule has 0 saturated carbocycles. The normalized spacial score (nSPS) is 9.18. The molecule has 0 aliphatic carbocycles. The van der Waals surface area contributed by atoms with Crippen molar-refractivity contribution in [2.45, 2.75) is 0 Å². The number of nitro groups is 1. The van der Waals surface area contributed by atoms with Gasteiger partial charge in [0.25, 0.3) is 5.69 Å². The average molecular weight is 153 g/mol. The number of anilines is 1. The van der Waals surface area contributed by atoms with Gasteiger partial charge in [-0.15, -0.1) is 0 Å². The molecule has 1 rings (SSSR count). The number of hydrogen-bond donors (Lipinski definition) is 1. The standard InChI is InChI=1S/C6H5N2O3/c9-7-5-1-3-6(4-2-5)8(10)11/h1-4,7H/q-1. The Balaban J connectivity index is 2.91. The zero-order valence-electron chi connectivity index (χ0n) is 5.48. The van der Waals surface area contributed by atoms with Gasteiger partial charge in [0.2, 0.25) is 0 Å². The maximum absolute atomic E-state index is 10.1. The molecule has 1 aromatic carbocycles. The zero-order chi connectivity index (χ0) is 8.27. The smallest absolute Gasteiger partial charge is 0.269 e. The molecule has 0 spiro atoms. The number of benzene rings is 1. The summed E-state index contributed by atoms with van der Waals surface area (Å²) in [4.78, 5) is 9.59. The van der Waals surface area contributed by atoms with Crippen molar-refractivity contribution in [2.24, 2.45) is 0 Å². The maximum Gasteiger partial charge on any atom is 0.269 e. The number of nitrogens with zero attached hydrogens (tertiary/aromatic N) is 1. The highest BCUT2D eigenvalue weighted by Gasteiger charge is 2.01. The lowest BCUT2D eigenvalue weighted by Crippen LogP contribution is -1.88. The highest BCUT2D eigenvalue weighted by molar-refractivity contribution is 5.48. The fourth-order valence-electron chi connectivity index (χ4n) is 0.651. The predicted octanol–water partition coefficient (Wildman–Crippen LogP) is 1.50. The Kier molecular flexibility index (Phi) is 2.03. The molecule has 0 fully saturated rings. The lowest BCUT2D eigenvalue weighted by molar-refractivity contribution is -0.384. The van der Waals surface area contributed by atoms with Crippen LogP contribution in [0.1, 0.15) is 0 Å². The van der Waals surface area contributed by atoms with E-state index in [0.717, 1.165) is 0 Å². The fourth-order valence-corrected chi connectivity index (χ4v) is 0.651. The van der Waals surface area contributed by atoms with E-state index in [1.54, 1.807) is 5.48 Å². The number of nitrogens with one attached hydrogen (secondary N) is 1. The topological polar surface area (TPSA) is 78.2 Å². The van der Waals surface area contributed by atoms with Gasteiger partial charge in [0.15, 0.2) is 0 Å². The number of rotatable bonds is 2. The zero-order valence-corrected chi connectivity index (χ0v) is 5.48. The second-order valence-electron chi connectivity index (χ2n) is 1.91. The molecule has 0 saturated heterocycles. The van der Waals surface area contributed by atoms with Crippen LogP contribution in [-0.2, 0) is 0 Å². The first-order chi connectivity index (χ1) is 5.24. The van der Waals surface area contributed by atoms with Crippen LogP contribution >= 0.6 is 0 Å². The Morgan fingerprint density at radius 1 is 1.27 bits per heavy atom. The Bertz CT molecular complexity index is 257. The first-order valence-corrected chi connectivity index (χ1v) is 2.86. The molecule has 0 unspecified atom stereocenters. The third-order valence-electron chi connectivity index (χ3n) is 1.20. The molecule has 58 valence electrons. The Morgan fingerprint density at radius 2 is 1.82 bits per heavy atom.